The number of rotatable bonds is 3. The Kier molecular flexibility index (Phi) is 4.27. The normalized spacial score (nSPS) is 11.8. The summed E-state index contributed by atoms with van der Waals surface area (Å²) >= 11 is 0. The SMILES string of the molecule is CC(=NNC(=O)c1cc(C)ccc1O)c1cc2cc(F)ccc2n1C. The minimum Gasteiger partial charge on any atom is -0.507 e. The first kappa shape index (κ1) is 16.7. The van der Waals surface area contributed by atoms with Crippen LogP contribution in [0.5, 0.6) is 5.75 Å². The molecule has 0 fully saturated rings. The molecule has 0 unspecified atom stereocenters. The van der Waals surface area contributed by atoms with Crippen LogP contribution in [0.3, 0.4) is 0 Å². The molecular formula is C19H18FN3O2. The molecule has 1 heterocycles. The number of nitrogens with one attached hydrogen (secondary N) is 1. The summed E-state index contributed by atoms with van der Waals surface area (Å²) < 4.78 is 15.2. The van der Waals surface area contributed by atoms with Gasteiger partial charge >= 0.3 is 0 Å². The standard InChI is InChI=1S/C19H18FN3O2/c1-11-4-7-18(24)15(8-11)19(25)22-21-12(2)17-10-13-9-14(20)5-6-16(13)23(17)3/h4-10,24H,1-3H3,(H,22,25). The summed E-state index contributed by atoms with van der Waals surface area (Å²) in [6.07, 6.45) is 0. The molecular weight excluding hydrogens is 321 g/mol. The van der Waals surface area contributed by atoms with Crippen LogP contribution in [0.25, 0.3) is 10.9 Å². The van der Waals surface area contributed by atoms with E-state index in [2.05, 4.69) is 10.5 Å². The third-order valence-electron chi connectivity index (χ3n) is 4.10. The van der Waals surface area contributed by atoms with Crippen molar-refractivity contribution in [1.29, 1.82) is 0 Å². The smallest absolute Gasteiger partial charge is 0.275 e. The van der Waals surface area contributed by atoms with Crippen LogP contribution in [0.4, 0.5) is 4.39 Å². The lowest BCUT2D eigenvalue weighted by Gasteiger charge is -2.06. The molecule has 0 saturated carbocycles. The summed E-state index contributed by atoms with van der Waals surface area (Å²) in [5, 5.41) is 14.7. The van der Waals surface area contributed by atoms with Gasteiger partial charge in [0.1, 0.15) is 11.6 Å². The number of nitrogens with zero attached hydrogens (tertiary/aromatic N) is 2. The van der Waals surface area contributed by atoms with E-state index in [4.69, 9.17) is 0 Å². The fourth-order valence-electron chi connectivity index (χ4n) is 2.75. The lowest BCUT2D eigenvalue weighted by Crippen LogP contribution is -2.20. The average Bonchev–Trinajstić information content (AvgIpc) is 2.90. The van der Waals surface area contributed by atoms with Crippen molar-refractivity contribution in [2.45, 2.75) is 13.8 Å². The number of carbonyl (C=O) groups is 1. The zero-order valence-electron chi connectivity index (χ0n) is 14.2. The van der Waals surface area contributed by atoms with Crippen molar-refractivity contribution < 1.29 is 14.3 Å². The lowest BCUT2D eigenvalue weighted by molar-refractivity contribution is 0.0952. The zero-order chi connectivity index (χ0) is 18.1. The molecule has 0 saturated heterocycles. The molecule has 25 heavy (non-hydrogen) atoms. The molecule has 2 aromatic carbocycles. The molecule has 0 aliphatic carbocycles. The number of aryl methyl sites for hydroxylation is 2. The quantitative estimate of drug-likeness (QED) is 0.567. The maximum absolute atomic E-state index is 13.4. The molecule has 0 aliphatic heterocycles. The molecule has 0 radical (unpaired) electrons. The molecule has 2 N–H and O–H groups in total. The molecule has 6 heteroatoms. The van der Waals surface area contributed by atoms with Crippen molar-refractivity contribution in [3.05, 3.63) is 65.1 Å². The number of halogens is 1. The fourth-order valence-corrected chi connectivity index (χ4v) is 2.75. The highest BCUT2D eigenvalue weighted by atomic mass is 19.1. The number of hydrogen-bond donors (Lipinski definition) is 2. The van der Waals surface area contributed by atoms with Gasteiger partial charge in [0.2, 0.25) is 0 Å². The van der Waals surface area contributed by atoms with Crippen LogP contribution in [-0.4, -0.2) is 21.3 Å². The average molecular weight is 339 g/mol. The molecule has 0 bridgehead atoms. The fraction of sp³-hybridized carbons (Fsp3) is 0.158. The van der Waals surface area contributed by atoms with Crippen molar-refractivity contribution in [2.24, 2.45) is 12.1 Å². The Balaban J connectivity index is 1.88. The van der Waals surface area contributed by atoms with Gasteiger partial charge in [0, 0.05) is 18.0 Å². The Morgan fingerprint density at radius 3 is 2.72 bits per heavy atom. The van der Waals surface area contributed by atoms with Crippen molar-refractivity contribution in [1.82, 2.24) is 9.99 Å². The minimum absolute atomic E-state index is 0.101. The number of aromatic nitrogens is 1. The van der Waals surface area contributed by atoms with Crippen LogP contribution in [0.2, 0.25) is 0 Å². The molecule has 3 aromatic rings. The second-order valence-corrected chi connectivity index (χ2v) is 5.95. The Morgan fingerprint density at radius 2 is 1.96 bits per heavy atom. The summed E-state index contributed by atoms with van der Waals surface area (Å²) in [6.45, 7) is 3.58. The summed E-state index contributed by atoms with van der Waals surface area (Å²) in [6, 6.07) is 11.2. The van der Waals surface area contributed by atoms with Gasteiger partial charge in [0.25, 0.3) is 5.91 Å². The second-order valence-electron chi connectivity index (χ2n) is 5.95. The molecule has 1 amide bonds. The van der Waals surface area contributed by atoms with Gasteiger partial charge in [-0.1, -0.05) is 11.6 Å². The summed E-state index contributed by atoms with van der Waals surface area (Å²) in [7, 11) is 1.85. The van der Waals surface area contributed by atoms with Gasteiger partial charge in [0.05, 0.1) is 17.0 Å². The van der Waals surface area contributed by atoms with Crippen LogP contribution < -0.4 is 5.43 Å². The van der Waals surface area contributed by atoms with Gasteiger partial charge in [0.15, 0.2) is 0 Å². The number of phenols is 1. The number of amides is 1. The number of carbonyl (C=O) groups excluding carboxylic acids is 1. The van der Waals surface area contributed by atoms with Crippen molar-refractivity contribution in [3.63, 3.8) is 0 Å². The molecule has 0 spiro atoms. The third-order valence-corrected chi connectivity index (χ3v) is 4.10. The first-order chi connectivity index (χ1) is 11.9. The Hall–Kier alpha value is -3.15. The van der Waals surface area contributed by atoms with E-state index < -0.39 is 5.91 Å². The zero-order valence-corrected chi connectivity index (χ0v) is 14.2. The van der Waals surface area contributed by atoms with Crippen LogP contribution in [-0.2, 0) is 7.05 Å². The largest absolute Gasteiger partial charge is 0.507 e. The monoisotopic (exact) mass is 339 g/mol. The Bertz CT molecular complexity index is 1010. The predicted octanol–water partition coefficient (Wildman–Crippen LogP) is 3.49. The maximum atomic E-state index is 13.4. The highest BCUT2D eigenvalue weighted by Gasteiger charge is 2.12. The van der Waals surface area contributed by atoms with Crippen molar-refractivity contribution in [3.8, 4) is 5.75 Å². The van der Waals surface area contributed by atoms with Crippen LogP contribution in [0.1, 0.15) is 28.5 Å². The Labute approximate surface area is 144 Å². The highest BCUT2D eigenvalue weighted by molar-refractivity contribution is 6.03. The molecule has 0 atom stereocenters. The summed E-state index contributed by atoms with van der Waals surface area (Å²) in [5.74, 6) is -0.899. The predicted molar refractivity (Wildman–Crippen MR) is 95.4 cm³/mol. The maximum Gasteiger partial charge on any atom is 0.275 e. The molecule has 5 nitrogen and oxygen atoms in total. The molecule has 0 aliphatic rings. The number of hydrogen-bond acceptors (Lipinski definition) is 3. The summed E-state index contributed by atoms with van der Waals surface area (Å²) in [4.78, 5) is 12.2. The highest BCUT2D eigenvalue weighted by Crippen LogP contribution is 2.21. The number of phenolic OH excluding ortho intramolecular Hbond substituents is 1. The van der Waals surface area contributed by atoms with Gasteiger partial charge in [-0.3, -0.25) is 4.79 Å². The number of fused-ring (bicyclic) bond motifs is 1. The van der Waals surface area contributed by atoms with Crippen LogP contribution in [0.15, 0.2) is 47.6 Å². The molecule has 1 aromatic heterocycles. The van der Waals surface area contributed by atoms with Gasteiger partial charge in [-0.15, -0.1) is 0 Å². The van der Waals surface area contributed by atoms with E-state index in [1.54, 1.807) is 25.1 Å². The number of aromatic hydroxyl groups is 1. The van der Waals surface area contributed by atoms with E-state index in [0.717, 1.165) is 22.2 Å². The first-order valence-electron chi connectivity index (χ1n) is 7.76. The van der Waals surface area contributed by atoms with E-state index in [9.17, 15) is 14.3 Å². The van der Waals surface area contributed by atoms with Crippen LogP contribution in [0, 0.1) is 12.7 Å². The van der Waals surface area contributed by atoms with E-state index in [1.165, 1.54) is 18.2 Å². The van der Waals surface area contributed by atoms with Crippen molar-refractivity contribution >= 4 is 22.5 Å². The van der Waals surface area contributed by atoms with Gasteiger partial charge < -0.3 is 9.67 Å². The third kappa shape index (κ3) is 3.24. The second kappa shape index (κ2) is 6.39. The van der Waals surface area contributed by atoms with Crippen LogP contribution >= 0.6 is 0 Å². The van der Waals surface area contributed by atoms with Gasteiger partial charge in [-0.25, -0.2) is 9.82 Å². The lowest BCUT2D eigenvalue weighted by atomic mass is 10.1. The molecule has 128 valence electrons. The molecule has 3 rings (SSSR count). The van der Waals surface area contributed by atoms with E-state index >= 15 is 0 Å². The van der Waals surface area contributed by atoms with E-state index in [1.807, 2.05) is 24.6 Å². The summed E-state index contributed by atoms with van der Waals surface area (Å²) in [5.41, 5.74) is 5.67. The number of benzene rings is 2. The minimum atomic E-state index is -0.495. The van der Waals surface area contributed by atoms with Gasteiger partial charge in [-0.05, 0) is 50.2 Å². The topological polar surface area (TPSA) is 66.6 Å². The van der Waals surface area contributed by atoms with E-state index in [0.29, 0.717) is 5.71 Å². The number of hydrazone groups is 1. The van der Waals surface area contributed by atoms with E-state index in [-0.39, 0.29) is 17.1 Å². The Morgan fingerprint density at radius 1 is 1.20 bits per heavy atom. The van der Waals surface area contributed by atoms with Crippen molar-refractivity contribution in [2.75, 3.05) is 0 Å². The first-order valence-corrected chi connectivity index (χ1v) is 7.76. The van der Waals surface area contributed by atoms with Gasteiger partial charge in [-0.2, -0.15) is 5.10 Å².